The van der Waals surface area contributed by atoms with E-state index in [0.29, 0.717) is 36.2 Å². The van der Waals surface area contributed by atoms with Crippen LogP contribution in [0.25, 0.3) is 16.9 Å². The van der Waals surface area contributed by atoms with E-state index in [9.17, 15) is 14.7 Å². The van der Waals surface area contributed by atoms with Crippen molar-refractivity contribution in [1.29, 1.82) is 0 Å². The quantitative estimate of drug-likeness (QED) is 0.470. The number of hydrogen-bond donors (Lipinski definition) is 2. The van der Waals surface area contributed by atoms with Gasteiger partial charge in [0.2, 0.25) is 0 Å². The fraction of sp³-hybridized carbons (Fsp3) is 0.318. The van der Waals surface area contributed by atoms with Crippen LogP contribution in [-0.2, 0) is 30.9 Å². The van der Waals surface area contributed by atoms with Gasteiger partial charge in [0.15, 0.2) is 0 Å². The molecule has 1 aromatic carbocycles. The highest BCUT2D eigenvalue weighted by molar-refractivity contribution is 6.04. The monoisotopic (exact) mass is 449 g/mol. The first-order valence-electron chi connectivity index (χ1n) is 10.6. The summed E-state index contributed by atoms with van der Waals surface area (Å²) in [6.07, 6.45) is 4.11. The number of amides is 1. The number of phenols is 1. The minimum atomic E-state index is -0.407. The molecular formula is C22H23N7O4. The van der Waals surface area contributed by atoms with Crippen LogP contribution < -0.4 is 5.56 Å². The molecule has 11 heteroatoms. The number of fused-ring (bicyclic) bond motifs is 2. The third kappa shape index (κ3) is 3.65. The Morgan fingerprint density at radius 1 is 1.33 bits per heavy atom. The number of phenolic OH excluding ortho intramolecular Hbond substituents is 1. The first-order chi connectivity index (χ1) is 16.0. The van der Waals surface area contributed by atoms with Crippen molar-refractivity contribution in [2.75, 3.05) is 13.7 Å². The molecule has 4 aromatic rings. The summed E-state index contributed by atoms with van der Waals surface area (Å²) in [7, 11) is 1.60. The predicted molar refractivity (Wildman–Crippen MR) is 118 cm³/mol. The molecule has 1 aliphatic heterocycles. The van der Waals surface area contributed by atoms with Crippen molar-refractivity contribution in [3.05, 3.63) is 63.5 Å². The van der Waals surface area contributed by atoms with Crippen molar-refractivity contribution in [1.82, 2.24) is 34.4 Å². The van der Waals surface area contributed by atoms with Crippen molar-refractivity contribution in [3.8, 4) is 11.7 Å². The molecule has 2 N–H and O–H groups in total. The minimum absolute atomic E-state index is 0.00288. The standard InChI is InChI=1S/C22H23N7O4/c1-3-28-20(31)14(10-23-28)11-27(2)21(32)19-16-8-15(30)4-5-17(16)25-22(26-19)29-18-12-33-7-6-13(18)9-24-29/h4-5,8-10,23,30H,3,6-7,11-12H2,1-2H3. The van der Waals surface area contributed by atoms with E-state index in [1.54, 1.807) is 30.2 Å². The van der Waals surface area contributed by atoms with E-state index in [2.05, 4.69) is 20.2 Å². The van der Waals surface area contributed by atoms with Gasteiger partial charge in [0.25, 0.3) is 17.4 Å². The smallest absolute Gasteiger partial charge is 0.273 e. The average molecular weight is 449 g/mol. The molecule has 4 heterocycles. The number of aromatic amines is 1. The van der Waals surface area contributed by atoms with Crippen LogP contribution in [0.3, 0.4) is 0 Å². The number of aromatic nitrogens is 6. The molecule has 0 radical (unpaired) electrons. The van der Waals surface area contributed by atoms with Crippen LogP contribution in [-0.4, -0.2) is 59.1 Å². The highest BCUT2D eigenvalue weighted by Gasteiger charge is 2.24. The Kier molecular flexibility index (Phi) is 5.17. The lowest BCUT2D eigenvalue weighted by molar-refractivity contribution is 0.0780. The van der Waals surface area contributed by atoms with Crippen LogP contribution in [0.15, 0.2) is 35.4 Å². The maximum absolute atomic E-state index is 13.5. The van der Waals surface area contributed by atoms with Crippen LogP contribution in [0.1, 0.15) is 34.2 Å². The second-order valence-corrected chi connectivity index (χ2v) is 7.91. The highest BCUT2D eigenvalue weighted by atomic mass is 16.5. The minimum Gasteiger partial charge on any atom is -0.508 e. The first-order valence-corrected chi connectivity index (χ1v) is 10.6. The summed E-state index contributed by atoms with van der Waals surface area (Å²) in [5.74, 6) is -0.168. The number of nitrogens with zero attached hydrogens (tertiary/aromatic N) is 6. The van der Waals surface area contributed by atoms with Gasteiger partial charge in [-0.2, -0.15) is 5.10 Å². The lowest BCUT2D eigenvalue weighted by Gasteiger charge is -2.18. The Bertz CT molecular complexity index is 1420. The van der Waals surface area contributed by atoms with Crippen molar-refractivity contribution >= 4 is 16.8 Å². The molecule has 0 atom stereocenters. The Labute approximate surface area is 188 Å². The van der Waals surface area contributed by atoms with Gasteiger partial charge < -0.3 is 19.8 Å². The van der Waals surface area contributed by atoms with Gasteiger partial charge in [0.05, 0.1) is 42.7 Å². The third-order valence-electron chi connectivity index (χ3n) is 5.75. The molecule has 3 aromatic heterocycles. The summed E-state index contributed by atoms with van der Waals surface area (Å²) < 4.78 is 8.62. The molecule has 0 unspecified atom stereocenters. The molecule has 0 bridgehead atoms. The molecule has 33 heavy (non-hydrogen) atoms. The predicted octanol–water partition coefficient (Wildman–Crippen LogP) is 1.38. The molecule has 0 saturated carbocycles. The van der Waals surface area contributed by atoms with Gasteiger partial charge in [-0.05, 0) is 37.1 Å². The zero-order chi connectivity index (χ0) is 23.1. The molecular weight excluding hydrogens is 426 g/mol. The molecule has 0 spiro atoms. The van der Waals surface area contributed by atoms with Crippen molar-refractivity contribution in [3.63, 3.8) is 0 Å². The summed E-state index contributed by atoms with van der Waals surface area (Å²) in [6.45, 7) is 3.48. The Balaban J connectivity index is 1.58. The van der Waals surface area contributed by atoms with Crippen molar-refractivity contribution in [2.45, 2.75) is 33.0 Å². The van der Waals surface area contributed by atoms with E-state index in [4.69, 9.17) is 4.74 Å². The first kappa shape index (κ1) is 20.9. The van der Waals surface area contributed by atoms with Crippen molar-refractivity contribution < 1.29 is 14.6 Å². The number of H-pyrrole nitrogens is 1. The average Bonchev–Trinajstić information content (AvgIpc) is 3.41. The van der Waals surface area contributed by atoms with E-state index < -0.39 is 5.91 Å². The summed E-state index contributed by atoms with van der Waals surface area (Å²) >= 11 is 0. The summed E-state index contributed by atoms with van der Waals surface area (Å²) in [5.41, 5.74) is 2.80. The molecule has 0 fully saturated rings. The summed E-state index contributed by atoms with van der Waals surface area (Å²) in [6, 6.07) is 4.60. The fourth-order valence-corrected chi connectivity index (χ4v) is 3.96. The molecule has 1 amide bonds. The molecule has 0 aliphatic carbocycles. The van der Waals surface area contributed by atoms with Gasteiger partial charge in [0.1, 0.15) is 11.4 Å². The van der Waals surface area contributed by atoms with Gasteiger partial charge >= 0.3 is 0 Å². The second-order valence-electron chi connectivity index (χ2n) is 7.91. The second kappa shape index (κ2) is 8.17. The maximum atomic E-state index is 13.5. The number of aryl methyl sites for hydroxylation is 1. The van der Waals surface area contributed by atoms with Gasteiger partial charge in [0, 0.05) is 25.2 Å². The maximum Gasteiger partial charge on any atom is 0.273 e. The van der Waals surface area contributed by atoms with E-state index in [0.717, 1.165) is 17.7 Å². The van der Waals surface area contributed by atoms with Crippen molar-refractivity contribution in [2.24, 2.45) is 0 Å². The number of ether oxygens (including phenoxy) is 1. The Hall–Kier alpha value is -3.99. The molecule has 0 saturated heterocycles. The number of rotatable bonds is 5. The molecule has 1 aliphatic rings. The van der Waals surface area contributed by atoms with E-state index in [-0.39, 0.29) is 29.5 Å². The number of carbonyl (C=O) groups excluding carboxylic acids is 1. The van der Waals surface area contributed by atoms with Crippen LogP contribution >= 0.6 is 0 Å². The highest BCUT2D eigenvalue weighted by Crippen LogP contribution is 2.25. The van der Waals surface area contributed by atoms with Gasteiger partial charge in [-0.3, -0.25) is 14.3 Å². The fourth-order valence-electron chi connectivity index (χ4n) is 3.96. The van der Waals surface area contributed by atoms with Crippen LogP contribution in [0, 0.1) is 0 Å². The van der Waals surface area contributed by atoms with Gasteiger partial charge in [-0.15, -0.1) is 0 Å². The third-order valence-corrected chi connectivity index (χ3v) is 5.75. The SMILES string of the molecule is CCn1[nH]cc(CN(C)C(=O)c2nc(-n3ncc4c3COCC4)nc3ccc(O)cc23)c1=O. The molecule has 170 valence electrons. The van der Waals surface area contributed by atoms with Gasteiger partial charge in [-0.1, -0.05) is 0 Å². The van der Waals surface area contributed by atoms with Crippen LogP contribution in [0.5, 0.6) is 5.75 Å². The lowest BCUT2D eigenvalue weighted by Crippen LogP contribution is -2.30. The summed E-state index contributed by atoms with van der Waals surface area (Å²) in [5, 5.41) is 17.7. The topological polar surface area (TPSA) is 131 Å². The number of aromatic hydroxyl groups is 1. The number of hydrogen-bond acceptors (Lipinski definition) is 7. The van der Waals surface area contributed by atoms with E-state index >= 15 is 0 Å². The number of carbonyl (C=O) groups is 1. The van der Waals surface area contributed by atoms with E-state index in [1.165, 1.54) is 21.7 Å². The summed E-state index contributed by atoms with van der Waals surface area (Å²) in [4.78, 5) is 36.4. The van der Waals surface area contributed by atoms with E-state index in [1.807, 2.05) is 6.92 Å². The Morgan fingerprint density at radius 3 is 2.97 bits per heavy atom. The molecule has 5 rings (SSSR count). The largest absolute Gasteiger partial charge is 0.508 e. The zero-order valence-corrected chi connectivity index (χ0v) is 18.3. The van der Waals surface area contributed by atoms with Crippen LogP contribution in [0.4, 0.5) is 0 Å². The molecule has 11 nitrogen and oxygen atoms in total. The van der Waals surface area contributed by atoms with Crippen LogP contribution in [0.2, 0.25) is 0 Å². The van der Waals surface area contributed by atoms with Gasteiger partial charge in [-0.25, -0.2) is 14.6 Å². The normalized spacial score (nSPS) is 13.3. The number of benzene rings is 1. The zero-order valence-electron chi connectivity index (χ0n) is 18.3. The lowest BCUT2D eigenvalue weighted by atomic mass is 10.1. The Morgan fingerprint density at radius 2 is 2.18 bits per heavy atom. The number of nitrogens with one attached hydrogen (secondary N) is 1.